The van der Waals surface area contributed by atoms with E-state index in [1.54, 1.807) is 19.2 Å². The molecule has 3 rings (SSSR count). The van der Waals surface area contributed by atoms with E-state index in [-0.39, 0.29) is 5.82 Å². The molecule has 1 aromatic heterocycles. The number of ether oxygens (including phenoxy) is 1. The van der Waals surface area contributed by atoms with Crippen LogP contribution < -0.4 is 4.74 Å². The van der Waals surface area contributed by atoms with Crippen LogP contribution in [0.25, 0.3) is 0 Å². The van der Waals surface area contributed by atoms with Crippen molar-refractivity contribution >= 4 is 12.2 Å². The third-order valence-electron chi connectivity index (χ3n) is 5.90. The first-order valence-corrected chi connectivity index (χ1v) is 10.1. The van der Waals surface area contributed by atoms with Gasteiger partial charge in [0.05, 0.1) is 19.3 Å². The van der Waals surface area contributed by atoms with Gasteiger partial charge in [-0.1, -0.05) is 12.2 Å². The topological polar surface area (TPSA) is 44.4 Å². The Balaban J connectivity index is 1.69. The molecule has 1 fully saturated rings. The Labute approximate surface area is 176 Å². The van der Waals surface area contributed by atoms with Crippen molar-refractivity contribution in [2.45, 2.75) is 34.0 Å². The molecule has 7 heteroatoms. The van der Waals surface area contributed by atoms with Crippen LogP contribution in [0.5, 0.6) is 5.75 Å². The summed E-state index contributed by atoms with van der Waals surface area (Å²) in [5.74, 6) is 0.474. The van der Waals surface area contributed by atoms with Crippen molar-refractivity contribution in [3.05, 3.63) is 56.6 Å². The van der Waals surface area contributed by atoms with Crippen molar-refractivity contribution < 1.29 is 9.13 Å². The molecule has 0 N–H and O–H groups in total. The SMILES string of the molecule is COc1ccc(F)cc1CN1CCN(Cn2c(C)c(C)c(C)c(C#N)c2=S)CC1. The number of benzene rings is 1. The smallest absolute Gasteiger partial charge is 0.125 e. The lowest BCUT2D eigenvalue weighted by atomic mass is 10.0. The third kappa shape index (κ3) is 4.50. The van der Waals surface area contributed by atoms with Crippen LogP contribution in [0.2, 0.25) is 0 Å². The van der Waals surface area contributed by atoms with E-state index in [1.165, 1.54) is 6.07 Å². The summed E-state index contributed by atoms with van der Waals surface area (Å²) in [5, 5.41) is 9.49. The number of pyridine rings is 1. The van der Waals surface area contributed by atoms with Gasteiger partial charge < -0.3 is 9.30 Å². The van der Waals surface area contributed by atoms with E-state index >= 15 is 0 Å². The minimum absolute atomic E-state index is 0.243. The van der Waals surface area contributed by atoms with E-state index in [2.05, 4.69) is 27.4 Å². The molecule has 0 amide bonds. The summed E-state index contributed by atoms with van der Waals surface area (Å²) in [6.07, 6.45) is 0. The maximum Gasteiger partial charge on any atom is 0.125 e. The zero-order valence-electron chi connectivity index (χ0n) is 17.5. The molecule has 0 bridgehead atoms. The van der Waals surface area contributed by atoms with Gasteiger partial charge in [0.1, 0.15) is 22.3 Å². The average molecular weight is 415 g/mol. The first-order valence-electron chi connectivity index (χ1n) is 9.73. The molecular weight excluding hydrogens is 387 g/mol. The molecule has 1 aromatic carbocycles. The predicted octanol–water partition coefficient (Wildman–Crippen LogP) is 3.94. The summed E-state index contributed by atoms with van der Waals surface area (Å²) in [4.78, 5) is 4.65. The van der Waals surface area contributed by atoms with Crippen LogP contribution in [0.1, 0.15) is 27.9 Å². The van der Waals surface area contributed by atoms with Gasteiger partial charge in [-0.15, -0.1) is 0 Å². The van der Waals surface area contributed by atoms with Gasteiger partial charge in [0, 0.05) is 44.0 Å². The molecule has 0 spiro atoms. The van der Waals surface area contributed by atoms with E-state index in [4.69, 9.17) is 17.0 Å². The van der Waals surface area contributed by atoms with E-state index in [1.807, 2.05) is 13.8 Å². The fourth-order valence-electron chi connectivity index (χ4n) is 3.81. The van der Waals surface area contributed by atoms with Crippen LogP contribution in [0, 0.1) is 42.6 Å². The molecule has 154 valence electrons. The molecule has 0 radical (unpaired) electrons. The molecule has 0 saturated carbocycles. The van der Waals surface area contributed by atoms with Crippen LogP contribution in [0.4, 0.5) is 4.39 Å². The Bertz CT molecular complexity index is 1000. The Morgan fingerprint density at radius 1 is 1.10 bits per heavy atom. The van der Waals surface area contributed by atoms with E-state index in [9.17, 15) is 9.65 Å². The summed E-state index contributed by atoms with van der Waals surface area (Å²) < 4.78 is 21.7. The molecule has 2 aromatic rings. The Morgan fingerprint density at radius 3 is 2.38 bits per heavy atom. The number of hydrogen-bond donors (Lipinski definition) is 0. The van der Waals surface area contributed by atoms with Gasteiger partial charge in [0.2, 0.25) is 0 Å². The molecule has 1 saturated heterocycles. The maximum absolute atomic E-state index is 13.6. The second-order valence-electron chi connectivity index (χ2n) is 7.55. The van der Waals surface area contributed by atoms with Gasteiger partial charge in [-0.25, -0.2) is 4.39 Å². The highest BCUT2D eigenvalue weighted by atomic mass is 32.1. The average Bonchev–Trinajstić information content (AvgIpc) is 2.71. The van der Waals surface area contributed by atoms with Crippen molar-refractivity contribution in [1.29, 1.82) is 5.26 Å². The van der Waals surface area contributed by atoms with Crippen molar-refractivity contribution in [3.8, 4) is 11.8 Å². The maximum atomic E-state index is 13.6. The fourth-order valence-corrected chi connectivity index (χ4v) is 4.20. The second-order valence-corrected chi connectivity index (χ2v) is 7.93. The molecular formula is C22H27FN4OS. The molecule has 2 heterocycles. The molecule has 0 atom stereocenters. The highest BCUT2D eigenvalue weighted by Crippen LogP contribution is 2.23. The fraction of sp³-hybridized carbons (Fsp3) is 0.455. The van der Waals surface area contributed by atoms with Gasteiger partial charge in [-0.3, -0.25) is 9.80 Å². The zero-order valence-corrected chi connectivity index (χ0v) is 18.3. The molecule has 29 heavy (non-hydrogen) atoms. The van der Waals surface area contributed by atoms with Crippen LogP contribution in [-0.2, 0) is 13.2 Å². The van der Waals surface area contributed by atoms with Gasteiger partial charge in [-0.05, 0) is 50.1 Å². The van der Waals surface area contributed by atoms with Gasteiger partial charge in [0.15, 0.2) is 0 Å². The first-order chi connectivity index (χ1) is 13.8. The number of rotatable bonds is 5. The number of piperazine rings is 1. The highest BCUT2D eigenvalue weighted by molar-refractivity contribution is 7.71. The third-order valence-corrected chi connectivity index (χ3v) is 6.32. The number of aromatic nitrogens is 1. The van der Waals surface area contributed by atoms with Gasteiger partial charge >= 0.3 is 0 Å². The number of methoxy groups -OCH3 is 1. The van der Waals surface area contributed by atoms with Crippen LogP contribution in [0.3, 0.4) is 0 Å². The number of halogens is 1. The first kappa shape index (κ1) is 21.4. The Hall–Kier alpha value is -2.27. The van der Waals surface area contributed by atoms with Crippen LogP contribution in [-0.4, -0.2) is 47.7 Å². The van der Waals surface area contributed by atoms with Crippen molar-refractivity contribution in [1.82, 2.24) is 14.4 Å². The van der Waals surface area contributed by atoms with Gasteiger partial charge in [0.25, 0.3) is 0 Å². The molecule has 0 unspecified atom stereocenters. The summed E-state index contributed by atoms with van der Waals surface area (Å²) in [7, 11) is 1.61. The van der Waals surface area contributed by atoms with E-state index in [0.717, 1.165) is 54.3 Å². The van der Waals surface area contributed by atoms with Crippen molar-refractivity contribution in [2.75, 3.05) is 33.3 Å². The highest BCUT2D eigenvalue weighted by Gasteiger charge is 2.20. The summed E-state index contributed by atoms with van der Waals surface area (Å²) in [6.45, 7) is 10.9. The Morgan fingerprint density at radius 2 is 1.76 bits per heavy atom. The van der Waals surface area contributed by atoms with Crippen molar-refractivity contribution in [2.24, 2.45) is 0 Å². The predicted molar refractivity (Wildman–Crippen MR) is 114 cm³/mol. The molecule has 5 nitrogen and oxygen atoms in total. The lowest BCUT2D eigenvalue weighted by Crippen LogP contribution is -2.46. The minimum Gasteiger partial charge on any atom is -0.496 e. The van der Waals surface area contributed by atoms with E-state index in [0.29, 0.717) is 23.4 Å². The number of nitriles is 1. The lowest BCUT2D eigenvalue weighted by Gasteiger charge is -2.35. The summed E-state index contributed by atoms with van der Waals surface area (Å²) in [6, 6.07) is 6.91. The Kier molecular flexibility index (Phi) is 6.68. The van der Waals surface area contributed by atoms with Gasteiger partial charge in [-0.2, -0.15) is 5.26 Å². The van der Waals surface area contributed by atoms with Crippen LogP contribution >= 0.6 is 12.2 Å². The molecule has 1 aliphatic heterocycles. The standard InChI is InChI=1S/C22H27FN4OS/c1-15-16(2)20(12-24)22(29)27(17(15)3)14-26-9-7-25(8-10-26)13-18-11-19(23)5-6-21(18)28-4/h5-6,11H,7-10,13-14H2,1-4H3. The number of hydrogen-bond acceptors (Lipinski definition) is 5. The summed E-state index contributed by atoms with van der Waals surface area (Å²) >= 11 is 5.60. The van der Waals surface area contributed by atoms with Crippen LogP contribution in [0.15, 0.2) is 18.2 Å². The normalized spacial score (nSPS) is 15.3. The lowest BCUT2D eigenvalue weighted by molar-refractivity contribution is 0.101. The summed E-state index contributed by atoms with van der Waals surface area (Å²) in [5.41, 5.74) is 4.66. The largest absolute Gasteiger partial charge is 0.496 e. The zero-order chi connectivity index (χ0) is 21.1. The number of nitrogens with zero attached hydrogens (tertiary/aromatic N) is 4. The van der Waals surface area contributed by atoms with Crippen molar-refractivity contribution in [3.63, 3.8) is 0 Å². The second kappa shape index (κ2) is 9.04. The molecule has 0 aliphatic carbocycles. The quantitative estimate of drug-likeness (QED) is 0.694. The molecule has 1 aliphatic rings. The monoisotopic (exact) mass is 414 g/mol. The minimum atomic E-state index is -0.243. The van der Waals surface area contributed by atoms with E-state index < -0.39 is 0 Å².